The number of carbonyl (C=O) groups is 1. The van der Waals surface area contributed by atoms with E-state index in [-0.39, 0.29) is 5.78 Å². The van der Waals surface area contributed by atoms with E-state index in [0.717, 1.165) is 25.3 Å². The van der Waals surface area contributed by atoms with Gasteiger partial charge < -0.3 is 5.32 Å². The van der Waals surface area contributed by atoms with Gasteiger partial charge in [-0.3, -0.25) is 9.69 Å². The first-order valence-corrected chi connectivity index (χ1v) is 7.65. The molecular formula is C17H23N3O. The molecule has 4 nitrogen and oxygen atoms in total. The van der Waals surface area contributed by atoms with E-state index in [2.05, 4.69) is 23.2 Å². The van der Waals surface area contributed by atoms with Crippen LogP contribution in [0.25, 0.3) is 0 Å². The number of hydrogen-bond acceptors (Lipinski definition) is 4. The first-order valence-electron chi connectivity index (χ1n) is 7.65. The lowest BCUT2D eigenvalue weighted by Gasteiger charge is -2.33. The number of nitrogens with zero attached hydrogens (tertiary/aromatic N) is 2. The van der Waals surface area contributed by atoms with Gasteiger partial charge in [-0.1, -0.05) is 6.42 Å². The first-order chi connectivity index (χ1) is 10.1. The van der Waals surface area contributed by atoms with E-state index in [1.165, 1.54) is 19.3 Å². The van der Waals surface area contributed by atoms with Crippen molar-refractivity contribution in [1.29, 1.82) is 5.26 Å². The molecule has 0 aliphatic carbocycles. The fourth-order valence-corrected chi connectivity index (χ4v) is 2.83. The van der Waals surface area contributed by atoms with Crippen molar-refractivity contribution in [1.82, 2.24) is 4.90 Å². The molecule has 21 heavy (non-hydrogen) atoms. The average molecular weight is 285 g/mol. The molecular weight excluding hydrogens is 262 g/mol. The molecule has 1 aromatic rings. The third-order valence-corrected chi connectivity index (χ3v) is 4.20. The fraction of sp³-hybridized carbons (Fsp3) is 0.529. The lowest BCUT2D eigenvalue weighted by atomic mass is 10.0. The van der Waals surface area contributed by atoms with Gasteiger partial charge in [-0.15, -0.1) is 0 Å². The Balaban J connectivity index is 1.97. The Hall–Kier alpha value is -1.86. The largest absolute Gasteiger partial charge is 0.383 e. The molecule has 4 heteroatoms. The Morgan fingerprint density at radius 3 is 2.95 bits per heavy atom. The number of benzene rings is 1. The Kier molecular flexibility index (Phi) is 5.35. The van der Waals surface area contributed by atoms with Crippen LogP contribution in [0.2, 0.25) is 0 Å². The van der Waals surface area contributed by atoms with Crippen LogP contribution in [-0.2, 0) is 0 Å². The molecule has 1 fully saturated rings. The second kappa shape index (κ2) is 7.24. The smallest absolute Gasteiger partial charge is 0.159 e. The van der Waals surface area contributed by atoms with Gasteiger partial charge in [-0.05, 0) is 51.4 Å². The molecule has 112 valence electrons. The maximum absolute atomic E-state index is 11.4. The monoisotopic (exact) mass is 285 g/mol. The number of anilines is 1. The average Bonchev–Trinajstić information content (AvgIpc) is 2.49. The summed E-state index contributed by atoms with van der Waals surface area (Å²) in [6.45, 7) is 6.73. The highest BCUT2D eigenvalue weighted by Crippen LogP contribution is 2.19. The maximum Gasteiger partial charge on any atom is 0.159 e. The zero-order valence-corrected chi connectivity index (χ0v) is 12.9. The lowest BCUT2D eigenvalue weighted by molar-refractivity contribution is 0.101. The second-order valence-corrected chi connectivity index (χ2v) is 5.74. The molecule has 1 aliphatic rings. The zero-order valence-electron chi connectivity index (χ0n) is 12.9. The molecule has 1 atom stereocenters. The predicted octanol–water partition coefficient (Wildman–Crippen LogP) is 3.05. The minimum absolute atomic E-state index is 0.0205. The van der Waals surface area contributed by atoms with Gasteiger partial charge in [0.25, 0.3) is 0 Å². The summed E-state index contributed by atoms with van der Waals surface area (Å²) in [6, 6.07) is 8.01. The van der Waals surface area contributed by atoms with Crippen LogP contribution in [0.5, 0.6) is 0 Å². The highest BCUT2D eigenvalue weighted by atomic mass is 16.1. The number of rotatable bonds is 5. The molecule has 0 spiro atoms. The van der Waals surface area contributed by atoms with Crippen molar-refractivity contribution in [3.63, 3.8) is 0 Å². The summed E-state index contributed by atoms with van der Waals surface area (Å²) >= 11 is 0. The van der Waals surface area contributed by atoms with E-state index < -0.39 is 0 Å². The Morgan fingerprint density at radius 2 is 2.29 bits per heavy atom. The van der Waals surface area contributed by atoms with Crippen molar-refractivity contribution < 1.29 is 4.79 Å². The number of nitrogens with one attached hydrogen (secondary N) is 1. The summed E-state index contributed by atoms with van der Waals surface area (Å²) in [5.74, 6) is 0.0205. The Morgan fingerprint density at radius 1 is 1.48 bits per heavy atom. The van der Waals surface area contributed by atoms with Crippen LogP contribution in [0.1, 0.15) is 49.0 Å². The van der Waals surface area contributed by atoms with Gasteiger partial charge >= 0.3 is 0 Å². The van der Waals surface area contributed by atoms with E-state index in [0.29, 0.717) is 17.2 Å². The lowest BCUT2D eigenvalue weighted by Crippen LogP contribution is -2.40. The van der Waals surface area contributed by atoms with Gasteiger partial charge in [0, 0.05) is 24.7 Å². The number of ketones is 1. The zero-order chi connectivity index (χ0) is 15.2. The molecule has 0 aromatic heterocycles. The third kappa shape index (κ3) is 4.05. The third-order valence-electron chi connectivity index (χ3n) is 4.20. The van der Waals surface area contributed by atoms with Crippen molar-refractivity contribution >= 4 is 11.5 Å². The van der Waals surface area contributed by atoms with E-state index >= 15 is 0 Å². The quantitative estimate of drug-likeness (QED) is 0.845. The van der Waals surface area contributed by atoms with E-state index in [1.54, 1.807) is 25.1 Å². The van der Waals surface area contributed by atoms with E-state index in [9.17, 15) is 4.79 Å². The standard InChI is InChI=1S/C17H23N3O/c1-13-5-3-4-9-20(13)10-8-19-17-11-15(14(2)21)6-7-16(17)12-18/h6-7,11,13,19H,3-5,8-10H2,1-2H3. The van der Waals surface area contributed by atoms with Gasteiger partial charge in [0.15, 0.2) is 5.78 Å². The van der Waals surface area contributed by atoms with Crippen molar-refractivity contribution in [2.45, 2.75) is 39.2 Å². The highest BCUT2D eigenvalue weighted by Gasteiger charge is 2.17. The SMILES string of the molecule is CC(=O)c1ccc(C#N)c(NCCN2CCCCC2C)c1. The summed E-state index contributed by atoms with van der Waals surface area (Å²) in [5.41, 5.74) is 1.99. The van der Waals surface area contributed by atoms with Gasteiger partial charge in [0.1, 0.15) is 6.07 Å². The molecule has 1 heterocycles. The summed E-state index contributed by atoms with van der Waals surface area (Å²) in [6.07, 6.45) is 3.86. The summed E-state index contributed by atoms with van der Waals surface area (Å²) in [4.78, 5) is 13.9. The topological polar surface area (TPSA) is 56.1 Å². The molecule has 0 radical (unpaired) electrons. The molecule has 2 rings (SSSR count). The molecule has 1 saturated heterocycles. The van der Waals surface area contributed by atoms with Crippen LogP contribution in [0, 0.1) is 11.3 Å². The molecule has 1 N–H and O–H groups in total. The van der Waals surface area contributed by atoms with Crippen molar-refractivity contribution in [3.05, 3.63) is 29.3 Å². The Bertz CT molecular complexity index is 547. The van der Waals surface area contributed by atoms with Crippen molar-refractivity contribution in [2.24, 2.45) is 0 Å². The summed E-state index contributed by atoms with van der Waals surface area (Å²) in [5, 5.41) is 12.5. The number of carbonyl (C=O) groups excluding carboxylic acids is 1. The van der Waals surface area contributed by atoms with E-state index in [4.69, 9.17) is 5.26 Å². The van der Waals surface area contributed by atoms with Gasteiger partial charge in [-0.2, -0.15) is 5.26 Å². The van der Waals surface area contributed by atoms with Gasteiger partial charge in [-0.25, -0.2) is 0 Å². The van der Waals surface area contributed by atoms with Crippen LogP contribution in [-0.4, -0.2) is 36.4 Å². The molecule has 0 bridgehead atoms. The maximum atomic E-state index is 11.4. The van der Waals surface area contributed by atoms with Crippen LogP contribution in [0.3, 0.4) is 0 Å². The fourth-order valence-electron chi connectivity index (χ4n) is 2.83. The molecule has 0 saturated carbocycles. The molecule has 1 unspecified atom stereocenters. The summed E-state index contributed by atoms with van der Waals surface area (Å²) < 4.78 is 0. The highest BCUT2D eigenvalue weighted by molar-refractivity contribution is 5.95. The van der Waals surface area contributed by atoms with E-state index in [1.807, 2.05) is 0 Å². The first kappa shape index (κ1) is 15.5. The van der Waals surface area contributed by atoms with Crippen molar-refractivity contribution in [3.8, 4) is 6.07 Å². The number of hydrogen-bond donors (Lipinski definition) is 1. The summed E-state index contributed by atoms with van der Waals surface area (Å²) in [7, 11) is 0. The number of likely N-dealkylation sites (tertiary alicyclic amines) is 1. The number of nitriles is 1. The normalized spacial score (nSPS) is 19.0. The Labute approximate surface area is 126 Å². The number of Topliss-reactive ketones (excluding diaryl/α,β-unsaturated/α-hetero) is 1. The minimum atomic E-state index is 0.0205. The van der Waals surface area contributed by atoms with Crippen LogP contribution >= 0.6 is 0 Å². The minimum Gasteiger partial charge on any atom is -0.383 e. The van der Waals surface area contributed by atoms with Crippen LogP contribution < -0.4 is 5.32 Å². The van der Waals surface area contributed by atoms with Crippen molar-refractivity contribution in [2.75, 3.05) is 25.0 Å². The van der Waals surface area contributed by atoms with Crippen LogP contribution in [0.15, 0.2) is 18.2 Å². The molecule has 0 amide bonds. The number of piperidine rings is 1. The van der Waals surface area contributed by atoms with Crippen LogP contribution in [0.4, 0.5) is 5.69 Å². The molecule has 1 aliphatic heterocycles. The van der Waals surface area contributed by atoms with Gasteiger partial charge in [0.05, 0.1) is 11.3 Å². The molecule has 1 aromatic carbocycles. The van der Waals surface area contributed by atoms with Gasteiger partial charge in [0.2, 0.25) is 0 Å². The predicted molar refractivity (Wildman–Crippen MR) is 84.5 cm³/mol. The second-order valence-electron chi connectivity index (χ2n) is 5.74.